The van der Waals surface area contributed by atoms with Crippen LogP contribution in [0.25, 0.3) is 0 Å². The van der Waals surface area contributed by atoms with E-state index < -0.39 is 10.7 Å². The number of halogens is 2. The van der Waals surface area contributed by atoms with Crippen molar-refractivity contribution in [1.29, 1.82) is 0 Å². The van der Waals surface area contributed by atoms with Crippen LogP contribution in [-0.2, 0) is 13.2 Å². The molecule has 0 saturated carbocycles. The van der Waals surface area contributed by atoms with Gasteiger partial charge in [-0.3, -0.25) is 10.1 Å². The van der Waals surface area contributed by atoms with Crippen LogP contribution < -0.4 is 10.5 Å². The van der Waals surface area contributed by atoms with Crippen molar-refractivity contribution in [1.82, 2.24) is 0 Å². The molecule has 0 atom stereocenters. The van der Waals surface area contributed by atoms with Crippen molar-refractivity contribution in [2.24, 2.45) is 5.73 Å². The highest BCUT2D eigenvalue weighted by atomic mass is 35.5. The maximum absolute atomic E-state index is 13.3. The number of nitro groups is 1. The summed E-state index contributed by atoms with van der Waals surface area (Å²) in [5.74, 6) is -0.494. The van der Waals surface area contributed by atoms with E-state index in [4.69, 9.17) is 22.1 Å². The first-order chi connectivity index (χ1) is 10.0. The highest BCUT2D eigenvalue weighted by Crippen LogP contribution is 2.29. The lowest BCUT2D eigenvalue weighted by molar-refractivity contribution is -0.386. The van der Waals surface area contributed by atoms with Crippen molar-refractivity contribution in [3.05, 3.63) is 68.5 Å². The summed E-state index contributed by atoms with van der Waals surface area (Å²) in [4.78, 5) is 10.4. The fourth-order valence-corrected chi connectivity index (χ4v) is 1.95. The average molecular weight is 311 g/mol. The van der Waals surface area contributed by atoms with Gasteiger partial charge < -0.3 is 10.5 Å². The zero-order valence-corrected chi connectivity index (χ0v) is 11.6. The molecule has 2 aromatic carbocycles. The minimum Gasteiger partial charge on any atom is -0.482 e. The van der Waals surface area contributed by atoms with Crippen LogP contribution in [0.15, 0.2) is 36.4 Å². The average Bonchev–Trinajstić information content (AvgIpc) is 2.48. The quantitative estimate of drug-likeness (QED) is 0.678. The second-order valence-electron chi connectivity index (χ2n) is 4.26. The van der Waals surface area contributed by atoms with Crippen LogP contribution in [0, 0.1) is 15.9 Å². The summed E-state index contributed by atoms with van der Waals surface area (Å²) in [6.45, 7) is 0.153. The summed E-state index contributed by atoms with van der Waals surface area (Å²) < 4.78 is 18.7. The molecule has 0 aliphatic rings. The van der Waals surface area contributed by atoms with Gasteiger partial charge in [0.05, 0.1) is 9.95 Å². The van der Waals surface area contributed by atoms with E-state index in [0.717, 1.165) is 0 Å². The van der Waals surface area contributed by atoms with Crippen molar-refractivity contribution in [3.63, 3.8) is 0 Å². The van der Waals surface area contributed by atoms with Crippen LogP contribution in [0.3, 0.4) is 0 Å². The molecule has 0 fully saturated rings. The lowest BCUT2D eigenvalue weighted by atomic mass is 10.2. The van der Waals surface area contributed by atoms with Crippen LogP contribution in [0.4, 0.5) is 10.1 Å². The Kier molecular flexibility index (Phi) is 4.72. The molecule has 0 aromatic heterocycles. The van der Waals surface area contributed by atoms with Crippen LogP contribution >= 0.6 is 11.6 Å². The number of hydrogen-bond donors (Lipinski definition) is 1. The van der Waals surface area contributed by atoms with Gasteiger partial charge in [-0.15, -0.1) is 0 Å². The largest absolute Gasteiger partial charge is 0.482 e. The van der Waals surface area contributed by atoms with Gasteiger partial charge in [-0.2, -0.15) is 0 Å². The van der Waals surface area contributed by atoms with Crippen LogP contribution in [0.2, 0.25) is 5.02 Å². The molecule has 0 unspecified atom stereocenters. The first kappa shape index (κ1) is 15.2. The summed E-state index contributed by atoms with van der Waals surface area (Å²) in [5, 5.41) is 10.9. The number of hydrogen-bond acceptors (Lipinski definition) is 4. The van der Waals surface area contributed by atoms with Gasteiger partial charge in [-0.1, -0.05) is 29.8 Å². The molecule has 0 aliphatic carbocycles. The molecule has 0 spiro atoms. The molecule has 110 valence electrons. The first-order valence-electron chi connectivity index (χ1n) is 6.06. The van der Waals surface area contributed by atoms with Crippen molar-refractivity contribution in [2.75, 3.05) is 0 Å². The summed E-state index contributed by atoms with van der Waals surface area (Å²) in [7, 11) is 0. The lowest BCUT2D eigenvalue weighted by Crippen LogP contribution is -2.03. The molecule has 0 bridgehead atoms. The molecular formula is C14H12ClFN2O3. The number of ether oxygens (including phenoxy) is 1. The molecule has 2 aromatic rings. The smallest absolute Gasteiger partial charge is 0.310 e. The molecule has 0 heterocycles. The lowest BCUT2D eigenvalue weighted by Gasteiger charge is -2.09. The Morgan fingerprint density at radius 1 is 1.33 bits per heavy atom. The van der Waals surface area contributed by atoms with Crippen molar-refractivity contribution in [3.8, 4) is 5.75 Å². The molecule has 2 N–H and O–H groups in total. The molecule has 0 amide bonds. The molecule has 0 saturated heterocycles. The second-order valence-corrected chi connectivity index (χ2v) is 4.64. The van der Waals surface area contributed by atoms with E-state index in [1.807, 2.05) is 0 Å². The van der Waals surface area contributed by atoms with Gasteiger partial charge in [0.2, 0.25) is 0 Å². The van der Waals surface area contributed by atoms with E-state index in [-0.39, 0.29) is 29.6 Å². The second kappa shape index (κ2) is 6.51. The summed E-state index contributed by atoms with van der Waals surface area (Å²) in [6, 6.07) is 8.67. The fourth-order valence-electron chi connectivity index (χ4n) is 1.77. The number of nitrogens with zero attached hydrogens (tertiary/aromatic N) is 1. The van der Waals surface area contributed by atoms with Gasteiger partial charge in [-0.25, -0.2) is 4.39 Å². The maximum Gasteiger partial charge on any atom is 0.310 e. The predicted molar refractivity (Wildman–Crippen MR) is 76.7 cm³/mol. The third kappa shape index (κ3) is 3.48. The molecule has 5 nitrogen and oxygen atoms in total. The van der Waals surface area contributed by atoms with Gasteiger partial charge in [0.25, 0.3) is 0 Å². The number of benzene rings is 2. The van der Waals surface area contributed by atoms with Crippen molar-refractivity contribution >= 4 is 17.3 Å². The Bertz CT molecular complexity index is 679. The Morgan fingerprint density at radius 3 is 2.76 bits per heavy atom. The summed E-state index contributed by atoms with van der Waals surface area (Å²) in [5.41, 5.74) is 6.42. The van der Waals surface area contributed by atoms with Gasteiger partial charge >= 0.3 is 5.69 Å². The van der Waals surface area contributed by atoms with Gasteiger partial charge in [0.15, 0.2) is 5.75 Å². The van der Waals surface area contributed by atoms with E-state index in [0.29, 0.717) is 11.1 Å². The normalized spacial score (nSPS) is 10.4. The molecule has 21 heavy (non-hydrogen) atoms. The summed E-state index contributed by atoms with van der Waals surface area (Å²) in [6.07, 6.45) is 0. The topological polar surface area (TPSA) is 78.4 Å². The Labute approximate surface area is 125 Å². The molecule has 0 aliphatic heterocycles. The fraction of sp³-hybridized carbons (Fsp3) is 0.143. The molecular weight excluding hydrogens is 299 g/mol. The number of nitro benzene ring substituents is 1. The Balaban J connectivity index is 2.26. The third-order valence-electron chi connectivity index (χ3n) is 2.87. The molecule has 7 heteroatoms. The highest BCUT2D eigenvalue weighted by Gasteiger charge is 2.16. The molecule has 0 radical (unpaired) electrons. The van der Waals surface area contributed by atoms with Crippen molar-refractivity contribution in [2.45, 2.75) is 13.2 Å². The van der Waals surface area contributed by atoms with Crippen LogP contribution in [0.5, 0.6) is 5.75 Å². The van der Waals surface area contributed by atoms with Gasteiger partial charge in [-0.05, 0) is 17.7 Å². The van der Waals surface area contributed by atoms with E-state index in [1.54, 1.807) is 12.1 Å². The van der Waals surface area contributed by atoms with E-state index >= 15 is 0 Å². The SMILES string of the molecule is NCc1ccc([N+](=O)[O-])c(OCc2cccc(F)c2Cl)c1. The monoisotopic (exact) mass is 310 g/mol. The predicted octanol–water partition coefficient (Wildman–Crippen LogP) is 3.43. The highest BCUT2D eigenvalue weighted by molar-refractivity contribution is 6.31. The Morgan fingerprint density at radius 2 is 2.10 bits per heavy atom. The van der Waals surface area contributed by atoms with Crippen LogP contribution in [-0.4, -0.2) is 4.92 Å². The third-order valence-corrected chi connectivity index (χ3v) is 3.29. The number of rotatable bonds is 5. The Hall–Kier alpha value is -2.18. The number of nitrogens with two attached hydrogens (primary N) is 1. The van der Waals surface area contributed by atoms with E-state index in [1.165, 1.54) is 24.3 Å². The zero-order valence-electron chi connectivity index (χ0n) is 10.9. The minimum absolute atomic E-state index is 0.0601. The van der Waals surface area contributed by atoms with Crippen molar-refractivity contribution < 1.29 is 14.1 Å². The summed E-state index contributed by atoms with van der Waals surface area (Å²) >= 11 is 5.81. The van der Waals surface area contributed by atoms with E-state index in [9.17, 15) is 14.5 Å². The van der Waals surface area contributed by atoms with Gasteiger partial charge in [0.1, 0.15) is 12.4 Å². The van der Waals surface area contributed by atoms with E-state index in [2.05, 4.69) is 0 Å². The standard InChI is InChI=1S/C14H12ClFN2O3/c15-14-10(2-1-3-11(14)16)8-21-13-6-9(7-17)4-5-12(13)18(19)20/h1-6H,7-8,17H2. The maximum atomic E-state index is 13.3. The minimum atomic E-state index is -0.567. The van der Waals surface area contributed by atoms with Crippen LogP contribution in [0.1, 0.15) is 11.1 Å². The van der Waals surface area contributed by atoms with Gasteiger partial charge in [0, 0.05) is 18.2 Å². The zero-order chi connectivity index (χ0) is 15.4. The first-order valence-corrected chi connectivity index (χ1v) is 6.43. The molecule has 2 rings (SSSR count).